The molecule has 0 spiro atoms. The lowest BCUT2D eigenvalue weighted by Crippen LogP contribution is -2.17. The molecular weight excluding hydrogens is 300 g/mol. The maximum absolute atomic E-state index is 11.4. The molecule has 1 aliphatic rings. The van der Waals surface area contributed by atoms with E-state index in [-0.39, 0.29) is 21.2 Å². The molecule has 0 aromatic carbocycles. The van der Waals surface area contributed by atoms with Gasteiger partial charge in [0.2, 0.25) is 5.88 Å². The minimum Gasteiger partial charge on any atom is -0.492 e. The number of rotatable bonds is 1. The fourth-order valence-corrected chi connectivity index (χ4v) is 4.07. The molecule has 7 heteroatoms. The Hall–Kier alpha value is -0.140. The van der Waals surface area contributed by atoms with Crippen LogP contribution in [0.3, 0.4) is 0 Å². The molecule has 1 aromatic rings. The van der Waals surface area contributed by atoms with Gasteiger partial charge in [-0.2, -0.15) is 16.7 Å². The van der Waals surface area contributed by atoms with E-state index >= 15 is 0 Å². The summed E-state index contributed by atoms with van der Waals surface area (Å²) in [6.45, 7) is 0. The smallest absolute Gasteiger partial charge is 0.269 e. The number of aromatic nitrogens is 2. The van der Waals surface area contributed by atoms with Gasteiger partial charge in [-0.05, 0) is 15.9 Å². The predicted molar refractivity (Wildman–Crippen MR) is 66.7 cm³/mol. The summed E-state index contributed by atoms with van der Waals surface area (Å²) in [5.41, 5.74) is -0.325. The molecule has 0 radical (unpaired) electrons. The third kappa shape index (κ3) is 2.51. The molecule has 1 atom stereocenters. The summed E-state index contributed by atoms with van der Waals surface area (Å²) in [5, 5.41) is 9.59. The number of halogens is 1. The van der Waals surface area contributed by atoms with E-state index in [4.69, 9.17) is 0 Å². The van der Waals surface area contributed by atoms with Crippen molar-refractivity contribution >= 4 is 39.5 Å². The normalized spacial score (nSPS) is 21.5. The maximum Gasteiger partial charge on any atom is 0.269 e. The van der Waals surface area contributed by atoms with Gasteiger partial charge in [-0.15, -0.1) is 11.8 Å². The Labute approximate surface area is 103 Å². The molecule has 2 N–H and O–H groups in total. The van der Waals surface area contributed by atoms with Crippen molar-refractivity contribution in [2.24, 2.45) is 0 Å². The number of nitrogens with zero attached hydrogens (tertiary/aromatic N) is 1. The molecular formula is C8H9BrN2O2S2. The number of aromatic amines is 1. The molecule has 0 amide bonds. The molecule has 2 rings (SSSR count). The van der Waals surface area contributed by atoms with E-state index in [1.54, 1.807) is 11.8 Å². The minimum atomic E-state index is -0.325. The second-order valence-electron chi connectivity index (χ2n) is 3.02. The zero-order valence-electron chi connectivity index (χ0n) is 7.70. The van der Waals surface area contributed by atoms with Crippen molar-refractivity contribution in [3.05, 3.63) is 20.7 Å². The summed E-state index contributed by atoms with van der Waals surface area (Å²) in [4.78, 5) is 18.0. The lowest BCUT2D eigenvalue weighted by atomic mass is 10.4. The van der Waals surface area contributed by atoms with Crippen LogP contribution in [0.5, 0.6) is 5.88 Å². The maximum atomic E-state index is 11.4. The molecule has 1 aliphatic heterocycles. The Morgan fingerprint density at radius 2 is 2.33 bits per heavy atom. The third-order valence-electron chi connectivity index (χ3n) is 1.98. The average Bonchev–Trinajstić information content (AvgIpc) is 2.26. The summed E-state index contributed by atoms with van der Waals surface area (Å²) in [6.07, 6.45) is 0. The van der Waals surface area contributed by atoms with Gasteiger partial charge in [-0.1, -0.05) is 0 Å². The van der Waals surface area contributed by atoms with Crippen molar-refractivity contribution in [3.8, 4) is 5.88 Å². The van der Waals surface area contributed by atoms with Crippen LogP contribution in [-0.4, -0.2) is 32.3 Å². The van der Waals surface area contributed by atoms with Gasteiger partial charge in [0.25, 0.3) is 5.56 Å². The molecule has 1 saturated heterocycles. The van der Waals surface area contributed by atoms with E-state index in [9.17, 15) is 9.90 Å². The van der Waals surface area contributed by atoms with Crippen LogP contribution < -0.4 is 5.56 Å². The summed E-state index contributed by atoms with van der Waals surface area (Å²) in [6, 6.07) is 0. The number of thioether (sulfide) groups is 2. The number of H-pyrrole nitrogens is 1. The first kappa shape index (κ1) is 11.3. The van der Waals surface area contributed by atoms with E-state index in [2.05, 4.69) is 25.9 Å². The van der Waals surface area contributed by atoms with Crippen molar-refractivity contribution in [1.82, 2.24) is 9.97 Å². The van der Waals surface area contributed by atoms with Gasteiger partial charge in [-0.25, -0.2) is 0 Å². The highest BCUT2D eigenvalue weighted by atomic mass is 79.9. The SMILES string of the molecule is O=c1[nH]c(C2CSCCS2)nc(O)c1Br. The fraction of sp³-hybridized carbons (Fsp3) is 0.500. The molecule has 1 fully saturated rings. The van der Waals surface area contributed by atoms with Crippen molar-refractivity contribution in [1.29, 1.82) is 0 Å². The molecule has 0 saturated carbocycles. The predicted octanol–water partition coefficient (Wildman–Crippen LogP) is 1.76. The highest BCUT2D eigenvalue weighted by Gasteiger charge is 2.20. The van der Waals surface area contributed by atoms with Crippen LogP contribution in [0.15, 0.2) is 9.27 Å². The topological polar surface area (TPSA) is 66.0 Å². The summed E-state index contributed by atoms with van der Waals surface area (Å²) in [5.74, 6) is 3.45. The van der Waals surface area contributed by atoms with Crippen molar-refractivity contribution in [3.63, 3.8) is 0 Å². The van der Waals surface area contributed by atoms with Gasteiger partial charge in [0, 0.05) is 17.3 Å². The Morgan fingerprint density at radius 1 is 1.53 bits per heavy atom. The van der Waals surface area contributed by atoms with Crippen LogP contribution in [0.1, 0.15) is 11.1 Å². The highest BCUT2D eigenvalue weighted by Crippen LogP contribution is 2.35. The summed E-state index contributed by atoms with van der Waals surface area (Å²) in [7, 11) is 0. The van der Waals surface area contributed by atoms with Crippen LogP contribution in [0.4, 0.5) is 0 Å². The first-order chi connectivity index (χ1) is 7.18. The standard InChI is InChI=1S/C8H9BrN2O2S2/c9-5-7(12)10-6(11-8(5)13)4-3-14-1-2-15-4/h4H,1-3H2,(H2,10,11,12,13). The Balaban J connectivity index is 2.32. The molecule has 1 aromatic heterocycles. The molecule has 1 unspecified atom stereocenters. The number of hydrogen-bond donors (Lipinski definition) is 2. The first-order valence-electron chi connectivity index (χ1n) is 4.36. The van der Waals surface area contributed by atoms with E-state index < -0.39 is 0 Å². The number of aromatic hydroxyl groups is 1. The Morgan fingerprint density at radius 3 is 2.93 bits per heavy atom. The lowest BCUT2D eigenvalue weighted by molar-refractivity contribution is 0.443. The van der Waals surface area contributed by atoms with Crippen LogP contribution in [-0.2, 0) is 0 Å². The molecule has 0 bridgehead atoms. The average molecular weight is 309 g/mol. The van der Waals surface area contributed by atoms with Crippen molar-refractivity contribution in [2.45, 2.75) is 5.25 Å². The molecule has 82 valence electrons. The van der Waals surface area contributed by atoms with Gasteiger partial charge in [-0.3, -0.25) is 4.79 Å². The van der Waals surface area contributed by atoms with E-state index in [0.717, 1.165) is 17.3 Å². The molecule has 15 heavy (non-hydrogen) atoms. The third-order valence-corrected chi connectivity index (χ3v) is 5.46. The molecule has 2 heterocycles. The van der Waals surface area contributed by atoms with Crippen molar-refractivity contribution in [2.75, 3.05) is 17.3 Å². The van der Waals surface area contributed by atoms with Gasteiger partial charge in [0.1, 0.15) is 10.3 Å². The van der Waals surface area contributed by atoms with Crippen LogP contribution in [0.25, 0.3) is 0 Å². The van der Waals surface area contributed by atoms with E-state index in [1.165, 1.54) is 0 Å². The zero-order chi connectivity index (χ0) is 10.8. The second kappa shape index (κ2) is 4.80. The largest absolute Gasteiger partial charge is 0.492 e. The quantitative estimate of drug-likeness (QED) is 0.827. The zero-order valence-corrected chi connectivity index (χ0v) is 10.9. The highest BCUT2D eigenvalue weighted by molar-refractivity contribution is 9.10. The second-order valence-corrected chi connectivity index (χ2v) is 6.28. The van der Waals surface area contributed by atoms with Gasteiger partial charge >= 0.3 is 0 Å². The summed E-state index contributed by atoms with van der Waals surface area (Å²) < 4.78 is 0.0970. The van der Waals surface area contributed by atoms with E-state index in [0.29, 0.717) is 5.82 Å². The van der Waals surface area contributed by atoms with Crippen molar-refractivity contribution < 1.29 is 5.11 Å². The summed E-state index contributed by atoms with van der Waals surface area (Å²) >= 11 is 6.57. The van der Waals surface area contributed by atoms with Gasteiger partial charge in [0.15, 0.2) is 0 Å². The lowest BCUT2D eigenvalue weighted by Gasteiger charge is -2.19. The van der Waals surface area contributed by atoms with E-state index in [1.807, 2.05) is 11.8 Å². The fourth-order valence-electron chi connectivity index (χ4n) is 1.26. The first-order valence-corrected chi connectivity index (χ1v) is 7.36. The molecule has 4 nitrogen and oxygen atoms in total. The van der Waals surface area contributed by atoms with Gasteiger partial charge < -0.3 is 10.1 Å². The number of hydrogen-bond acceptors (Lipinski definition) is 5. The van der Waals surface area contributed by atoms with Crippen LogP contribution in [0.2, 0.25) is 0 Å². The Kier molecular flexibility index (Phi) is 3.63. The monoisotopic (exact) mass is 308 g/mol. The van der Waals surface area contributed by atoms with Crippen LogP contribution >= 0.6 is 39.5 Å². The Bertz CT molecular complexity index is 418. The van der Waals surface area contributed by atoms with Gasteiger partial charge in [0.05, 0.1) is 5.25 Å². The minimum absolute atomic E-state index is 0.0970. The number of nitrogens with one attached hydrogen (secondary N) is 1. The van der Waals surface area contributed by atoms with Crippen LogP contribution in [0, 0.1) is 0 Å². The molecule has 0 aliphatic carbocycles.